The molecule has 0 aromatic carbocycles. The fourth-order valence-electron chi connectivity index (χ4n) is 6.90. The van der Waals surface area contributed by atoms with Crippen LogP contribution in [0.4, 0.5) is 0 Å². The lowest BCUT2D eigenvalue weighted by atomic mass is 9.46. The standard InChI is InChI=1S/C21H27IO4/c1-19-7-5-13(23)9-12(19)3-4-14-15-6-8-21(26,17(25)11-22)20(15,2)10-16(24)18(14)19/h5,7,9,14-16,18,24,26H,3-4,6,8,10-11H2,1-2H3/t14-,15-,16-,18?,19-,20-,21-/m0/s1. The van der Waals surface area contributed by atoms with E-state index in [0.717, 1.165) is 24.8 Å². The largest absolute Gasteiger partial charge is 0.393 e. The summed E-state index contributed by atoms with van der Waals surface area (Å²) in [7, 11) is 0. The summed E-state index contributed by atoms with van der Waals surface area (Å²) in [4.78, 5) is 24.4. The van der Waals surface area contributed by atoms with Crippen LogP contribution in [0.3, 0.4) is 0 Å². The van der Waals surface area contributed by atoms with E-state index >= 15 is 0 Å². The summed E-state index contributed by atoms with van der Waals surface area (Å²) in [6.45, 7) is 4.16. The monoisotopic (exact) mass is 470 g/mol. The van der Waals surface area contributed by atoms with Gasteiger partial charge >= 0.3 is 0 Å². The predicted molar refractivity (Wildman–Crippen MR) is 107 cm³/mol. The second kappa shape index (κ2) is 5.98. The van der Waals surface area contributed by atoms with Crippen molar-refractivity contribution in [3.63, 3.8) is 0 Å². The van der Waals surface area contributed by atoms with Crippen LogP contribution in [0.15, 0.2) is 23.8 Å². The smallest absolute Gasteiger partial charge is 0.178 e. The minimum Gasteiger partial charge on any atom is -0.393 e. The second-order valence-electron chi connectivity index (χ2n) is 9.17. The van der Waals surface area contributed by atoms with E-state index in [1.807, 2.05) is 35.6 Å². The summed E-state index contributed by atoms with van der Waals surface area (Å²) in [5, 5.41) is 22.5. The molecule has 4 rings (SSSR count). The highest BCUT2D eigenvalue weighted by Gasteiger charge is 2.67. The van der Waals surface area contributed by atoms with E-state index in [-0.39, 0.29) is 34.7 Å². The number of halogens is 1. The molecule has 0 spiro atoms. The molecule has 0 amide bonds. The summed E-state index contributed by atoms with van der Waals surface area (Å²) < 4.78 is 0.302. The first-order chi connectivity index (χ1) is 12.2. The highest BCUT2D eigenvalue weighted by atomic mass is 127. The number of aliphatic hydroxyl groups excluding tert-OH is 1. The van der Waals surface area contributed by atoms with Crippen LogP contribution in [0.5, 0.6) is 0 Å². The van der Waals surface area contributed by atoms with E-state index in [1.165, 1.54) is 0 Å². The van der Waals surface area contributed by atoms with Crippen molar-refractivity contribution in [1.29, 1.82) is 0 Å². The number of aliphatic hydroxyl groups is 2. The molecule has 0 radical (unpaired) electrons. The van der Waals surface area contributed by atoms with Gasteiger partial charge in [-0.2, -0.15) is 0 Å². The lowest BCUT2D eigenvalue weighted by Crippen LogP contribution is -2.61. The Morgan fingerprint density at radius 1 is 1.35 bits per heavy atom. The number of ketones is 2. The minimum atomic E-state index is -1.32. The summed E-state index contributed by atoms with van der Waals surface area (Å²) >= 11 is 2.03. The molecular formula is C21H27IO4. The fraction of sp³-hybridized carbons (Fsp3) is 0.714. The number of hydrogen-bond donors (Lipinski definition) is 2. The van der Waals surface area contributed by atoms with Crippen LogP contribution in [-0.4, -0.2) is 37.9 Å². The van der Waals surface area contributed by atoms with Crippen molar-refractivity contribution in [2.45, 2.75) is 57.7 Å². The number of hydrogen-bond acceptors (Lipinski definition) is 4. The fourth-order valence-corrected chi connectivity index (χ4v) is 7.53. The minimum absolute atomic E-state index is 0.0361. The first kappa shape index (κ1) is 18.8. The summed E-state index contributed by atoms with van der Waals surface area (Å²) in [5.74, 6) is 0.479. The van der Waals surface area contributed by atoms with Gasteiger partial charge in [0.15, 0.2) is 11.6 Å². The number of rotatable bonds is 2. The highest BCUT2D eigenvalue weighted by molar-refractivity contribution is 14.1. The van der Waals surface area contributed by atoms with Crippen LogP contribution in [0, 0.1) is 28.6 Å². The topological polar surface area (TPSA) is 74.6 Å². The van der Waals surface area contributed by atoms with E-state index in [2.05, 4.69) is 6.92 Å². The molecular weight excluding hydrogens is 443 g/mol. The molecule has 4 aliphatic rings. The molecule has 142 valence electrons. The number of alkyl halides is 1. The van der Waals surface area contributed by atoms with Crippen LogP contribution in [0.2, 0.25) is 0 Å². The van der Waals surface area contributed by atoms with Crippen LogP contribution in [0.1, 0.15) is 46.0 Å². The first-order valence-corrected chi connectivity index (χ1v) is 11.1. The lowest BCUT2D eigenvalue weighted by Gasteiger charge is -2.59. The van der Waals surface area contributed by atoms with E-state index in [4.69, 9.17) is 0 Å². The van der Waals surface area contributed by atoms with Crippen LogP contribution in [0.25, 0.3) is 0 Å². The van der Waals surface area contributed by atoms with Crippen molar-refractivity contribution in [2.75, 3.05) is 4.43 Å². The average Bonchev–Trinajstić information content (AvgIpc) is 2.86. The Bertz CT molecular complexity index is 728. The van der Waals surface area contributed by atoms with Gasteiger partial charge in [-0.05, 0) is 56.1 Å². The van der Waals surface area contributed by atoms with Crippen LogP contribution >= 0.6 is 22.6 Å². The molecule has 3 fully saturated rings. The molecule has 0 aromatic heterocycles. The zero-order valence-electron chi connectivity index (χ0n) is 15.4. The molecule has 0 bridgehead atoms. The zero-order valence-corrected chi connectivity index (χ0v) is 17.5. The Morgan fingerprint density at radius 2 is 2.08 bits per heavy atom. The molecule has 26 heavy (non-hydrogen) atoms. The van der Waals surface area contributed by atoms with Crippen molar-refractivity contribution in [2.24, 2.45) is 28.6 Å². The van der Waals surface area contributed by atoms with Crippen LogP contribution in [-0.2, 0) is 9.59 Å². The third-order valence-electron chi connectivity index (χ3n) is 8.23. The molecule has 3 saturated carbocycles. The average molecular weight is 470 g/mol. The lowest BCUT2D eigenvalue weighted by molar-refractivity contribution is -0.174. The molecule has 0 aliphatic heterocycles. The zero-order chi connectivity index (χ0) is 18.9. The molecule has 4 nitrogen and oxygen atoms in total. The Balaban J connectivity index is 1.75. The maximum Gasteiger partial charge on any atom is 0.178 e. The Kier molecular flexibility index (Phi) is 4.33. The first-order valence-electron chi connectivity index (χ1n) is 9.61. The van der Waals surface area contributed by atoms with Gasteiger partial charge in [0.25, 0.3) is 0 Å². The van der Waals surface area contributed by atoms with Crippen molar-refractivity contribution in [3.8, 4) is 0 Å². The third-order valence-corrected chi connectivity index (χ3v) is 8.92. The maximum absolute atomic E-state index is 12.6. The molecule has 5 heteroatoms. The molecule has 4 aliphatic carbocycles. The number of fused-ring (bicyclic) bond motifs is 5. The van der Waals surface area contributed by atoms with Gasteiger partial charge in [0.05, 0.1) is 10.5 Å². The van der Waals surface area contributed by atoms with Gasteiger partial charge in [0, 0.05) is 16.7 Å². The van der Waals surface area contributed by atoms with Crippen molar-refractivity contribution in [1.82, 2.24) is 0 Å². The number of Topliss-reactive ketones (excluding diaryl/α,β-unsaturated/α-hetero) is 1. The van der Waals surface area contributed by atoms with Crippen molar-refractivity contribution < 1.29 is 19.8 Å². The van der Waals surface area contributed by atoms with Gasteiger partial charge in [-0.25, -0.2) is 0 Å². The van der Waals surface area contributed by atoms with Gasteiger partial charge in [-0.15, -0.1) is 0 Å². The third kappa shape index (κ3) is 2.26. The second-order valence-corrected chi connectivity index (χ2v) is 9.93. The normalized spacial score (nSPS) is 49.9. The predicted octanol–water partition coefficient (Wildman–Crippen LogP) is 3.00. The van der Waals surface area contributed by atoms with E-state index in [9.17, 15) is 19.8 Å². The number of allylic oxidation sites excluding steroid dienone is 4. The van der Waals surface area contributed by atoms with Gasteiger partial charge < -0.3 is 10.2 Å². The Morgan fingerprint density at radius 3 is 2.77 bits per heavy atom. The van der Waals surface area contributed by atoms with Crippen molar-refractivity contribution in [3.05, 3.63) is 23.8 Å². The molecule has 1 unspecified atom stereocenters. The maximum atomic E-state index is 12.6. The SMILES string of the molecule is C[C@]12C=CC(=O)C=C1CC[C@@H]1C2[C@@H](O)C[C@@]2(C)[C@H]1CC[C@]2(O)C(=O)CI. The summed E-state index contributed by atoms with van der Waals surface area (Å²) in [6, 6.07) is 0. The molecule has 7 atom stereocenters. The summed E-state index contributed by atoms with van der Waals surface area (Å²) in [6.07, 6.45) is 8.34. The number of carbonyl (C=O) groups excluding carboxylic acids is 2. The Labute approximate surface area is 168 Å². The van der Waals surface area contributed by atoms with Gasteiger partial charge in [0.2, 0.25) is 0 Å². The quantitative estimate of drug-likeness (QED) is 0.481. The highest BCUT2D eigenvalue weighted by Crippen LogP contribution is 2.67. The van der Waals surface area contributed by atoms with Crippen molar-refractivity contribution >= 4 is 34.2 Å². The van der Waals surface area contributed by atoms with Gasteiger partial charge in [-0.1, -0.05) is 48.1 Å². The van der Waals surface area contributed by atoms with E-state index in [0.29, 0.717) is 17.3 Å². The molecule has 0 saturated heterocycles. The van der Waals surface area contributed by atoms with Gasteiger partial charge in [-0.3, -0.25) is 9.59 Å². The molecule has 2 N–H and O–H groups in total. The Hall–Kier alpha value is -0.530. The molecule has 0 heterocycles. The molecule has 0 aromatic rings. The number of carbonyl (C=O) groups is 2. The van der Waals surface area contributed by atoms with Gasteiger partial charge in [0.1, 0.15) is 5.60 Å². The van der Waals surface area contributed by atoms with E-state index in [1.54, 1.807) is 12.2 Å². The van der Waals surface area contributed by atoms with E-state index < -0.39 is 17.1 Å². The van der Waals surface area contributed by atoms with Crippen LogP contribution < -0.4 is 0 Å². The summed E-state index contributed by atoms with van der Waals surface area (Å²) in [5.41, 5.74) is -1.06.